The van der Waals surface area contributed by atoms with Gasteiger partial charge in [-0.3, -0.25) is 4.79 Å². The number of aryl methyl sites for hydroxylation is 1. The van der Waals surface area contributed by atoms with Crippen LogP contribution in [0.4, 0.5) is 0 Å². The van der Waals surface area contributed by atoms with E-state index in [0.29, 0.717) is 18.5 Å². The number of amides is 1. The van der Waals surface area contributed by atoms with Gasteiger partial charge in [0.25, 0.3) is 5.91 Å². The number of methoxy groups -OCH3 is 1. The van der Waals surface area contributed by atoms with Crippen molar-refractivity contribution in [3.63, 3.8) is 0 Å². The SMILES string of the molecule is COC(C)(C)CNC(=O)c1ccc(CCC(C)(C)O)cc1. The fourth-order valence-corrected chi connectivity index (χ4v) is 1.74. The third-order valence-electron chi connectivity index (χ3n) is 3.47. The Morgan fingerprint density at radius 3 is 2.24 bits per heavy atom. The molecule has 21 heavy (non-hydrogen) atoms. The number of nitrogens with one attached hydrogen (secondary N) is 1. The Labute approximate surface area is 127 Å². The predicted octanol–water partition coefficient (Wildman–Crippen LogP) is 2.54. The summed E-state index contributed by atoms with van der Waals surface area (Å²) in [6.07, 6.45) is 1.49. The van der Waals surface area contributed by atoms with Gasteiger partial charge in [-0.15, -0.1) is 0 Å². The molecule has 0 aromatic heterocycles. The second-order valence-corrected chi connectivity index (χ2v) is 6.66. The molecule has 0 saturated heterocycles. The summed E-state index contributed by atoms with van der Waals surface area (Å²) in [5, 5.41) is 12.6. The van der Waals surface area contributed by atoms with Gasteiger partial charge in [0.1, 0.15) is 0 Å². The highest BCUT2D eigenvalue weighted by molar-refractivity contribution is 5.94. The van der Waals surface area contributed by atoms with E-state index in [2.05, 4.69) is 5.32 Å². The molecule has 0 spiro atoms. The van der Waals surface area contributed by atoms with Gasteiger partial charge in [0.15, 0.2) is 0 Å². The van der Waals surface area contributed by atoms with Crippen molar-refractivity contribution in [2.75, 3.05) is 13.7 Å². The first-order valence-corrected chi connectivity index (χ1v) is 7.28. The van der Waals surface area contributed by atoms with Crippen LogP contribution in [0.3, 0.4) is 0 Å². The van der Waals surface area contributed by atoms with E-state index in [9.17, 15) is 9.90 Å². The summed E-state index contributed by atoms with van der Waals surface area (Å²) in [6.45, 7) is 7.90. The van der Waals surface area contributed by atoms with Crippen LogP contribution in [0.1, 0.15) is 50.0 Å². The van der Waals surface area contributed by atoms with Crippen LogP contribution >= 0.6 is 0 Å². The van der Waals surface area contributed by atoms with Crippen LogP contribution in [0, 0.1) is 0 Å². The number of hydrogen-bond acceptors (Lipinski definition) is 3. The number of hydrogen-bond donors (Lipinski definition) is 2. The minimum Gasteiger partial charge on any atom is -0.390 e. The molecule has 1 aromatic rings. The lowest BCUT2D eigenvalue weighted by molar-refractivity contribution is 0.0229. The molecule has 4 nitrogen and oxygen atoms in total. The molecule has 0 fully saturated rings. The first-order valence-electron chi connectivity index (χ1n) is 7.28. The zero-order chi connectivity index (χ0) is 16.1. The van der Waals surface area contributed by atoms with Crippen LogP contribution in [0.5, 0.6) is 0 Å². The third-order valence-corrected chi connectivity index (χ3v) is 3.47. The van der Waals surface area contributed by atoms with E-state index in [0.717, 1.165) is 12.0 Å². The van der Waals surface area contributed by atoms with Crippen LogP contribution < -0.4 is 5.32 Å². The van der Waals surface area contributed by atoms with E-state index in [1.165, 1.54) is 0 Å². The zero-order valence-corrected chi connectivity index (χ0v) is 13.7. The molecule has 0 atom stereocenters. The molecule has 118 valence electrons. The van der Waals surface area contributed by atoms with Crippen molar-refractivity contribution in [2.24, 2.45) is 0 Å². The molecule has 0 saturated carbocycles. The van der Waals surface area contributed by atoms with Crippen molar-refractivity contribution < 1.29 is 14.6 Å². The molecular formula is C17H27NO3. The molecule has 0 aliphatic carbocycles. The van der Waals surface area contributed by atoms with Crippen LogP contribution in [0.15, 0.2) is 24.3 Å². The molecule has 1 aromatic carbocycles. The molecule has 1 amide bonds. The summed E-state index contributed by atoms with van der Waals surface area (Å²) in [5.41, 5.74) is 0.712. The van der Waals surface area contributed by atoms with Crippen LogP contribution in [0.2, 0.25) is 0 Å². The molecule has 2 N–H and O–H groups in total. The van der Waals surface area contributed by atoms with E-state index < -0.39 is 5.60 Å². The van der Waals surface area contributed by atoms with Crippen LogP contribution in [-0.4, -0.2) is 35.9 Å². The molecule has 0 aliphatic heterocycles. The second kappa shape index (κ2) is 7.05. The fourth-order valence-electron chi connectivity index (χ4n) is 1.74. The Kier molecular flexibility index (Phi) is 5.93. The number of benzene rings is 1. The van der Waals surface area contributed by atoms with Crippen LogP contribution in [-0.2, 0) is 11.2 Å². The lowest BCUT2D eigenvalue weighted by Crippen LogP contribution is -2.39. The van der Waals surface area contributed by atoms with E-state index in [4.69, 9.17) is 4.74 Å². The van der Waals surface area contributed by atoms with Gasteiger partial charge in [0.2, 0.25) is 0 Å². The molecule has 0 heterocycles. The topological polar surface area (TPSA) is 58.6 Å². The Bertz CT molecular complexity index is 458. The predicted molar refractivity (Wildman–Crippen MR) is 84.5 cm³/mol. The highest BCUT2D eigenvalue weighted by Crippen LogP contribution is 2.14. The lowest BCUT2D eigenvalue weighted by atomic mass is 9.98. The normalized spacial score (nSPS) is 12.3. The molecular weight excluding hydrogens is 266 g/mol. The molecule has 1 rings (SSSR count). The molecule has 0 radical (unpaired) electrons. The highest BCUT2D eigenvalue weighted by Gasteiger charge is 2.18. The maximum absolute atomic E-state index is 12.0. The van der Waals surface area contributed by atoms with Gasteiger partial charge in [-0.25, -0.2) is 0 Å². The van der Waals surface area contributed by atoms with E-state index in [1.807, 2.05) is 38.1 Å². The fraction of sp³-hybridized carbons (Fsp3) is 0.588. The van der Waals surface area contributed by atoms with E-state index >= 15 is 0 Å². The summed E-state index contributed by atoms with van der Waals surface area (Å²) >= 11 is 0. The zero-order valence-electron chi connectivity index (χ0n) is 13.7. The van der Waals surface area contributed by atoms with E-state index in [1.54, 1.807) is 21.0 Å². The summed E-state index contributed by atoms with van der Waals surface area (Å²) in [5.74, 6) is -0.103. The summed E-state index contributed by atoms with van der Waals surface area (Å²) in [7, 11) is 1.63. The van der Waals surface area contributed by atoms with Crippen molar-refractivity contribution in [3.8, 4) is 0 Å². The highest BCUT2D eigenvalue weighted by atomic mass is 16.5. The maximum Gasteiger partial charge on any atom is 0.251 e. The first-order chi connectivity index (χ1) is 9.63. The lowest BCUT2D eigenvalue weighted by Gasteiger charge is -2.23. The minimum atomic E-state index is -0.665. The smallest absolute Gasteiger partial charge is 0.251 e. The van der Waals surface area contributed by atoms with Gasteiger partial charge in [0, 0.05) is 19.2 Å². The Balaban J connectivity index is 2.55. The minimum absolute atomic E-state index is 0.103. The number of carbonyl (C=O) groups excluding carboxylic acids is 1. The van der Waals surface area contributed by atoms with Gasteiger partial charge in [-0.05, 0) is 58.2 Å². The third kappa shape index (κ3) is 6.74. The van der Waals surface area contributed by atoms with Crippen molar-refractivity contribution in [3.05, 3.63) is 35.4 Å². The number of ether oxygens (including phenoxy) is 1. The average molecular weight is 293 g/mol. The van der Waals surface area contributed by atoms with Crippen molar-refractivity contribution in [1.29, 1.82) is 0 Å². The van der Waals surface area contributed by atoms with Gasteiger partial charge >= 0.3 is 0 Å². The maximum atomic E-state index is 12.0. The molecule has 0 aliphatic rings. The van der Waals surface area contributed by atoms with Gasteiger partial charge in [-0.1, -0.05) is 12.1 Å². The Morgan fingerprint density at radius 2 is 1.76 bits per heavy atom. The van der Waals surface area contributed by atoms with Crippen LogP contribution in [0.25, 0.3) is 0 Å². The van der Waals surface area contributed by atoms with Crippen molar-refractivity contribution in [1.82, 2.24) is 5.32 Å². The molecule has 0 unspecified atom stereocenters. The Morgan fingerprint density at radius 1 is 1.19 bits per heavy atom. The number of aliphatic hydroxyl groups is 1. The number of rotatable bonds is 7. The largest absolute Gasteiger partial charge is 0.390 e. The van der Waals surface area contributed by atoms with E-state index in [-0.39, 0.29) is 11.5 Å². The van der Waals surface area contributed by atoms with Gasteiger partial charge in [0.05, 0.1) is 11.2 Å². The Hall–Kier alpha value is -1.39. The standard InChI is InChI=1S/C17H27NO3/c1-16(2,20)11-10-13-6-8-14(9-7-13)15(19)18-12-17(3,4)21-5/h6-9,20H,10-12H2,1-5H3,(H,18,19). The van der Waals surface area contributed by atoms with Gasteiger partial charge in [-0.2, -0.15) is 0 Å². The van der Waals surface area contributed by atoms with Gasteiger partial charge < -0.3 is 15.2 Å². The monoisotopic (exact) mass is 293 g/mol. The molecule has 4 heteroatoms. The summed E-state index contributed by atoms with van der Waals surface area (Å²) in [6, 6.07) is 7.49. The van der Waals surface area contributed by atoms with Crippen molar-refractivity contribution >= 4 is 5.91 Å². The average Bonchev–Trinajstić information content (AvgIpc) is 2.42. The summed E-state index contributed by atoms with van der Waals surface area (Å²) < 4.78 is 5.27. The quantitative estimate of drug-likeness (QED) is 0.812. The first kappa shape index (κ1) is 17.7. The second-order valence-electron chi connectivity index (χ2n) is 6.66. The molecule has 0 bridgehead atoms. The number of carbonyl (C=O) groups is 1. The summed E-state index contributed by atoms with van der Waals surface area (Å²) in [4.78, 5) is 12.0. The van der Waals surface area contributed by atoms with Crippen molar-refractivity contribution in [2.45, 2.75) is 51.7 Å².